The number of hydrogen-bond acceptors (Lipinski definition) is 5. The van der Waals surface area contributed by atoms with Gasteiger partial charge in [-0.1, -0.05) is 18.2 Å². The molecule has 0 saturated heterocycles. The molecule has 0 aliphatic rings. The van der Waals surface area contributed by atoms with E-state index >= 15 is 0 Å². The second-order valence-electron chi connectivity index (χ2n) is 5.26. The molecule has 2 aromatic heterocycles. The van der Waals surface area contributed by atoms with E-state index < -0.39 is 0 Å². The number of amides is 1. The SMILES string of the molecule is CCOc1ccccc1CNC(=O)c1cnc(-c2cccnc2)nc1. The Morgan fingerprint density at radius 1 is 1.08 bits per heavy atom. The van der Waals surface area contributed by atoms with Crippen LogP contribution < -0.4 is 10.1 Å². The maximum atomic E-state index is 12.3. The summed E-state index contributed by atoms with van der Waals surface area (Å²) in [5.74, 6) is 1.07. The summed E-state index contributed by atoms with van der Waals surface area (Å²) in [5.41, 5.74) is 2.13. The Balaban J connectivity index is 1.66. The Kier molecular flexibility index (Phi) is 5.31. The maximum Gasteiger partial charge on any atom is 0.254 e. The van der Waals surface area contributed by atoms with Crippen LogP contribution in [0.15, 0.2) is 61.2 Å². The molecule has 2 heterocycles. The zero-order chi connectivity index (χ0) is 17.5. The minimum atomic E-state index is -0.232. The molecular formula is C19H18N4O2. The number of carbonyl (C=O) groups excluding carboxylic acids is 1. The number of hydrogen-bond donors (Lipinski definition) is 1. The number of pyridine rings is 1. The van der Waals surface area contributed by atoms with E-state index in [0.717, 1.165) is 16.9 Å². The van der Waals surface area contributed by atoms with Crippen LogP contribution >= 0.6 is 0 Å². The summed E-state index contributed by atoms with van der Waals surface area (Å²) >= 11 is 0. The molecule has 0 aliphatic carbocycles. The Hall–Kier alpha value is -3.28. The van der Waals surface area contributed by atoms with E-state index in [1.165, 1.54) is 12.4 Å². The number of nitrogens with one attached hydrogen (secondary N) is 1. The molecule has 25 heavy (non-hydrogen) atoms. The first-order valence-electron chi connectivity index (χ1n) is 7.99. The lowest BCUT2D eigenvalue weighted by molar-refractivity contribution is 0.0950. The lowest BCUT2D eigenvalue weighted by atomic mass is 10.2. The summed E-state index contributed by atoms with van der Waals surface area (Å²) in [7, 11) is 0. The number of carbonyl (C=O) groups is 1. The van der Waals surface area contributed by atoms with E-state index in [1.807, 2.05) is 43.3 Å². The van der Waals surface area contributed by atoms with Crippen LogP contribution in [0.2, 0.25) is 0 Å². The largest absolute Gasteiger partial charge is 0.494 e. The number of para-hydroxylation sites is 1. The molecule has 0 fully saturated rings. The average Bonchev–Trinajstić information content (AvgIpc) is 2.68. The Morgan fingerprint density at radius 2 is 1.88 bits per heavy atom. The fraction of sp³-hybridized carbons (Fsp3) is 0.158. The monoisotopic (exact) mass is 334 g/mol. The van der Waals surface area contributed by atoms with Crippen LogP contribution in [0, 0.1) is 0 Å². The van der Waals surface area contributed by atoms with Crippen LogP contribution in [0.1, 0.15) is 22.8 Å². The summed E-state index contributed by atoms with van der Waals surface area (Å²) in [6.45, 7) is 2.88. The molecule has 6 heteroatoms. The van der Waals surface area contributed by atoms with E-state index in [1.54, 1.807) is 12.4 Å². The van der Waals surface area contributed by atoms with Gasteiger partial charge < -0.3 is 10.1 Å². The van der Waals surface area contributed by atoms with Crippen molar-refractivity contribution in [2.45, 2.75) is 13.5 Å². The van der Waals surface area contributed by atoms with E-state index in [-0.39, 0.29) is 5.91 Å². The summed E-state index contributed by atoms with van der Waals surface area (Å²) in [5, 5.41) is 2.86. The smallest absolute Gasteiger partial charge is 0.254 e. The van der Waals surface area contributed by atoms with Crippen molar-refractivity contribution in [3.05, 3.63) is 72.3 Å². The average molecular weight is 334 g/mol. The first-order valence-corrected chi connectivity index (χ1v) is 7.99. The first-order chi connectivity index (χ1) is 12.3. The van der Waals surface area contributed by atoms with E-state index in [4.69, 9.17) is 4.74 Å². The molecule has 0 spiro atoms. The predicted molar refractivity (Wildman–Crippen MR) is 94.0 cm³/mol. The molecule has 6 nitrogen and oxygen atoms in total. The number of nitrogens with zero attached hydrogens (tertiary/aromatic N) is 3. The first kappa shape index (κ1) is 16.6. The van der Waals surface area contributed by atoms with Crippen molar-refractivity contribution in [3.8, 4) is 17.1 Å². The highest BCUT2D eigenvalue weighted by Crippen LogP contribution is 2.18. The van der Waals surface area contributed by atoms with Crippen molar-refractivity contribution in [1.82, 2.24) is 20.3 Å². The highest BCUT2D eigenvalue weighted by atomic mass is 16.5. The molecule has 0 saturated carbocycles. The minimum Gasteiger partial charge on any atom is -0.494 e. The molecule has 0 aliphatic heterocycles. The molecule has 126 valence electrons. The molecular weight excluding hydrogens is 316 g/mol. The molecule has 1 N–H and O–H groups in total. The Morgan fingerprint density at radius 3 is 2.60 bits per heavy atom. The highest BCUT2D eigenvalue weighted by molar-refractivity contribution is 5.93. The third-order valence-corrected chi connectivity index (χ3v) is 3.55. The molecule has 1 aromatic carbocycles. The summed E-state index contributed by atoms with van der Waals surface area (Å²) < 4.78 is 5.56. The van der Waals surface area contributed by atoms with Crippen LogP contribution in [0.4, 0.5) is 0 Å². The van der Waals surface area contributed by atoms with Crippen LogP contribution in [0.25, 0.3) is 11.4 Å². The topological polar surface area (TPSA) is 77.0 Å². The standard InChI is InChI=1S/C19H18N4O2/c1-2-25-17-8-4-3-6-14(17)11-23-19(24)16-12-21-18(22-13-16)15-7-5-9-20-10-15/h3-10,12-13H,2,11H2,1H3,(H,23,24). The third-order valence-electron chi connectivity index (χ3n) is 3.55. The van der Waals surface area contributed by atoms with Gasteiger partial charge in [0.2, 0.25) is 0 Å². The maximum absolute atomic E-state index is 12.3. The van der Waals surface area contributed by atoms with Gasteiger partial charge in [0.05, 0.1) is 12.2 Å². The zero-order valence-corrected chi connectivity index (χ0v) is 13.8. The summed E-state index contributed by atoms with van der Waals surface area (Å²) in [6, 6.07) is 11.3. The van der Waals surface area contributed by atoms with Gasteiger partial charge in [0.25, 0.3) is 5.91 Å². The van der Waals surface area contributed by atoms with Gasteiger partial charge in [-0.25, -0.2) is 9.97 Å². The van der Waals surface area contributed by atoms with Crippen molar-refractivity contribution in [2.24, 2.45) is 0 Å². The molecule has 3 rings (SSSR count). The number of rotatable bonds is 6. The van der Waals surface area contributed by atoms with Crippen molar-refractivity contribution >= 4 is 5.91 Å². The molecule has 3 aromatic rings. The molecule has 0 radical (unpaired) electrons. The second kappa shape index (κ2) is 8.01. The van der Waals surface area contributed by atoms with Gasteiger partial charge in [0.1, 0.15) is 5.75 Å². The fourth-order valence-corrected chi connectivity index (χ4v) is 2.31. The molecule has 0 atom stereocenters. The lowest BCUT2D eigenvalue weighted by Gasteiger charge is -2.11. The third kappa shape index (κ3) is 4.17. The van der Waals surface area contributed by atoms with Gasteiger partial charge in [0.15, 0.2) is 5.82 Å². The van der Waals surface area contributed by atoms with Gasteiger partial charge in [0, 0.05) is 42.5 Å². The minimum absolute atomic E-state index is 0.232. The Labute approximate surface area is 145 Å². The fourth-order valence-electron chi connectivity index (χ4n) is 2.31. The quantitative estimate of drug-likeness (QED) is 0.750. The van der Waals surface area contributed by atoms with Gasteiger partial charge in [-0.3, -0.25) is 9.78 Å². The zero-order valence-electron chi connectivity index (χ0n) is 13.8. The van der Waals surface area contributed by atoms with Crippen molar-refractivity contribution in [3.63, 3.8) is 0 Å². The van der Waals surface area contributed by atoms with Gasteiger partial charge >= 0.3 is 0 Å². The van der Waals surface area contributed by atoms with Crippen LogP contribution in [0.3, 0.4) is 0 Å². The van der Waals surface area contributed by atoms with Gasteiger partial charge in [-0.15, -0.1) is 0 Å². The number of ether oxygens (including phenoxy) is 1. The van der Waals surface area contributed by atoms with Crippen LogP contribution in [-0.4, -0.2) is 27.5 Å². The van der Waals surface area contributed by atoms with Gasteiger partial charge in [-0.2, -0.15) is 0 Å². The van der Waals surface area contributed by atoms with Crippen molar-refractivity contribution in [2.75, 3.05) is 6.61 Å². The molecule has 0 bridgehead atoms. The van der Waals surface area contributed by atoms with Crippen molar-refractivity contribution < 1.29 is 9.53 Å². The van der Waals surface area contributed by atoms with Gasteiger partial charge in [-0.05, 0) is 25.1 Å². The highest BCUT2D eigenvalue weighted by Gasteiger charge is 2.09. The predicted octanol–water partition coefficient (Wildman–Crippen LogP) is 2.87. The number of aromatic nitrogens is 3. The van der Waals surface area contributed by atoms with Crippen molar-refractivity contribution in [1.29, 1.82) is 0 Å². The normalized spacial score (nSPS) is 10.3. The van der Waals surface area contributed by atoms with E-state index in [2.05, 4.69) is 20.3 Å². The number of benzene rings is 1. The van der Waals surface area contributed by atoms with E-state index in [0.29, 0.717) is 24.5 Å². The van der Waals surface area contributed by atoms with Crippen LogP contribution in [-0.2, 0) is 6.54 Å². The Bertz CT molecular complexity index is 836. The molecule has 1 amide bonds. The summed E-state index contributed by atoms with van der Waals surface area (Å²) in [4.78, 5) is 24.8. The molecule has 0 unspecified atom stereocenters. The van der Waals surface area contributed by atoms with E-state index in [9.17, 15) is 4.79 Å². The second-order valence-corrected chi connectivity index (χ2v) is 5.26. The lowest BCUT2D eigenvalue weighted by Crippen LogP contribution is -2.23. The van der Waals surface area contributed by atoms with Crippen LogP contribution in [0.5, 0.6) is 5.75 Å². The summed E-state index contributed by atoms with van der Waals surface area (Å²) in [6.07, 6.45) is 6.39.